The predicted octanol–water partition coefficient (Wildman–Crippen LogP) is 0.468. The highest BCUT2D eigenvalue weighted by Crippen LogP contribution is 2.18. The monoisotopic (exact) mass is 156 g/mol. The zero-order chi connectivity index (χ0) is 8.48. The number of amides is 1. The molecule has 0 saturated carbocycles. The van der Waals surface area contributed by atoms with E-state index in [9.17, 15) is 4.79 Å². The van der Waals surface area contributed by atoms with Crippen molar-refractivity contribution in [2.24, 2.45) is 5.41 Å². The number of hydrogen-bond acceptors (Lipinski definition) is 2. The average Bonchev–Trinajstić information content (AvgIpc) is 1.86. The minimum Gasteiger partial charge on any atom is -0.340 e. The van der Waals surface area contributed by atoms with Crippen molar-refractivity contribution in [2.75, 3.05) is 6.54 Å². The molecule has 0 spiro atoms. The van der Waals surface area contributed by atoms with Gasteiger partial charge in [0, 0.05) is 13.0 Å². The smallest absolute Gasteiger partial charge is 0.222 e. The van der Waals surface area contributed by atoms with Gasteiger partial charge in [-0.15, -0.1) is 0 Å². The third-order valence-corrected chi connectivity index (χ3v) is 1.87. The first-order valence-corrected chi connectivity index (χ1v) is 4.03. The fraction of sp³-hybridized carbons (Fsp3) is 0.875. The number of nitrogens with one attached hydrogen (secondary N) is 2. The van der Waals surface area contributed by atoms with Crippen LogP contribution >= 0.6 is 0 Å². The van der Waals surface area contributed by atoms with Crippen molar-refractivity contribution >= 4 is 5.91 Å². The molecule has 1 aliphatic heterocycles. The van der Waals surface area contributed by atoms with Crippen LogP contribution in [-0.4, -0.2) is 18.6 Å². The molecule has 11 heavy (non-hydrogen) atoms. The first kappa shape index (κ1) is 8.53. The zero-order valence-corrected chi connectivity index (χ0v) is 7.40. The molecular formula is C8H16N2O. The highest BCUT2D eigenvalue weighted by Gasteiger charge is 2.28. The molecule has 0 aromatic rings. The van der Waals surface area contributed by atoms with Crippen molar-refractivity contribution in [3.05, 3.63) is 0 Å². The highest BCUT2D eigenvalue weighted by molar-refractivity contribution is 5.77. The second kappa shape index (κ2) is 2.81. The van der Waals surface area contributed by atoms with Crippen LogP contribution in [0, 0.1) is 5.41 Å². The van der Waals surface area contributed by atoms with Crippen molar-refractivity contribution in [3.63, 3.8) is 0 Å². The lowest BCUT2D eigenvalue weighted by molar-refractivity contribution is -0.124. The number of carbonyl (C=O) groups excluding carboxylic acids is 1. The Morgan fingerprint density at radius 1 is 1.45 bits per heavy atom. The Labute approximate surface area is 67.5 Å². The number of hydrogen-bond donors (Lipinski definition) is 2. The molecule has 1 atom stereocenters. The summed E-state index contributed by atoms with van der Waals surface area (Å²) in [7, 11) is 0. The molecule has 0 aliphatic carbocycles. The van der Waals surface area contributed by atoms with Crippen LogP contribution in [0.15, 0.2) is 0 Å². The summed E-state index contributed by atoms with van der Waals surface area (Å²) in [4.78, 5) is 11.0. The standard InChI is InChI=1S/C8H16N2O/c1-8(2,3)7-9-5-4-6(11)10-7/h7,9H,4-5H2,1-3H3,(H,10,11). The molecule has 3 heteroatoms. The van der Waals surface area contributed by atoms with Gasteiger partial charge in [-0.2, -0.15) is 0 Å². The van der Waals surface area contributed by atoms with Crippen molar-refractivity contribution in [1.29, 1.82) is 0 Å². The molecule has 1 heterocycles. The van der Waals surface area contributed by atoms with E-state index in [0.717, 1.165) is 6.54 Å². The van der Waals surface area contributed by atoms with Gasteiger partial charge in [0.1, 0.15) is 0 Å². The Morgan fingerprint density at radius 3 is 2.45 bits per heavy atom. The van der Waals surface area contributed by atoms with Gasteiger partial charge in [-0.05, 0) is 5.41 Å². The first-order valence-electron chi connectivity index (χ1n) is 4.03. The molecule has 0 aromatic heterocycles. The molecule has 1 unspecified atom stereocenters. The lowest BCUT2D eigenvalue weighted by atomic mass is 9.91. The maximum atomic E-state index is 11.0. The molecule has 64 valence electrons. The van der Waals surface area contributed by atoms with E-state index >= 15 is 0 Å². The Kier molecular flexibility index (Phi) is 2.18. The third kappa shape index (κ3) is 2.19. The molecule has 1 aliphatic rings. The van der Waals surface area contributed by atoms with Gasteiger partial charge in [0.15, 0.2) is 0 Å². The van der Waals surface area contributed by atoms with Crippen molar-refractivity contribution in [3.8, 4) is 0 Å². The summed E-state index contributed by atoms with van der Waals surface area (Å²) >= 11 is 0. The summed E-state index contributed by atoms with van der Waals surface area (Å²) in [6.07, 6.45) is 0.732. The minimum atomic E-state index is 0.107. The first-order chi connectivity index (χ1) is 5.00. The molecule has 0 bridgehead atoms. The Bertz CT molecular complexity index is 160. The molecule has 1 amide bonds. The Hall–Kier alpha value is -0.570. The van der Waals surface area contributed by atoms with Crippen LogP contribution in [0.5, 0.6) is 0 Å². The third-order valence-electron chi connectivity index (χ3n) is 1.87. The van der Waals surface area contributed by atoms with Gasteiger partial charge in [0.05, 0.1) is 6.17 Å². The van der Waals surface area contributed by atoms with E-state index < -0.39 is 0 Å². The van der Waals surface area contributed by atoms with Crippen LogP contribution < -0.4 is 10.6 Å². The topological polar surface area (TPSA) is 41.1 Å². The van der Waals surface area contributed by atoms with Gasteiger partial charge in [-0.1, -0.05) is 20.8 Å². The lowest BCUT2D eigenvalue weighted by Crippen LogP contribution is -2.57. The van der Waals surface area contributed by atoms with E-state index in [-0.39, 0.29) is 17.5 Å². The van der Waals surface area contributed by atoms with Crippen LogP contribution in [-0.2, 0) is 4.79 Å². The summed E-state index contributed by atoms with van der Waals surface area (Å²) in [5, 5.41) is 6.16. The van der Waals surface area contributed by atoms with E-state index in [1.54, 1.807) is 0 Å². The second-order valence-electron chi connectivity index (χ2n) is 4.07. The molecule has 1 saturated heterocycles. The van der Waals surface area contributed by atoms with Crippen LogP contribution in [0.4, 0.5) is 0 Å². The number of carbonyl (C=O) groups is 1. The van der Waals surface area contributed by atoms with E-state index in [1.165, 1.54) is 0 Å². The minimum absolute atomic E-state index is 0.107. The maximum absolute atomic E-state index is 11.0. The molecular weight excluding hydrogens is 140 g/mol. The fourth-order valence-corrected chi connectivity index (χ4v) is 1.14. The van der Waals surface area contributed by atoms with E-state index in [4.69, 9.17) is 0 Å². The van der Waals surface area contributed by atoms with Crippen molar-refractivity contribution < 1.29 is 4.79 Å². The van der Waals surface area contributed by atoms with Gasteiger partial charge in [0.2, 0.25) is 5.91 Å². The molecule has 3 nitrogen and oxygen atoms in total. The molecule has 1 rings (SSSR count). The van der Waals surface area contributed by atoms with Gasteiger partial charge in [0.25, 0.3) is 0 Å². The summed E-state index contributed by atoms with van der Waals surface area (Å²) < 4.78 is 0. The molecule has 0 aromatic carbocycles. The molecule has 1 fully saturated rings. The maximum Gasteiger partial charge on any atom is 0.222 e. The van der Waals surface area contributed by atoms with E-state index in [2.05, 4.69) is 31.4 Å². The van der Waals surface area contributed by atoms with Gasteiger partial charge in [-0.25, -0.2) is 0 Å². The summed E-state index contributed by atoms with van der Waals surface area (Å²) in [6.45, 7) is 7.12. The molecule has 2 N–H and O–H groups in total. The predicted molar refractivity (Wildman–Crippen MR) is 44.0 cm³/mol. The van der Waals surface area contributed by atoms with E-state index in [0.29, 0.717) is 6.42 Å². The largest absolute Gasteiger partial charge is 0.340 e. The zero-order valence-electron chi connectivity index (χ0n) is 7.40. The summed E-state index contributed by atoms with van der Waals surface area (Å²) in [6, 6.07) is 0. The van der Waals surface area contributed by atoms with Crippen LogP contribution in [0.2, 0.25) is 0 Å². The Balaban J connectivity index is 2.53. The lowest BCUT2D eigenvalue weighted by Gasteiger charge is -2.35. The van der Waals surface area contributed by atoms with Gasteiger partial charge >= 0.3 is 0 Å². The van der Waals surface area contributed by atoms with Gasteiger partial charge in [-0.3, -0.25) is 10.1 Å². The summed E-state index contributed by atoms with van der Waals surface area (Å²) in [5.74, 6) is 0.156. The normalized spacial score (nSPS) is 26.5. The second-order valence-corrected chi connectivity index (χ2v) is 4.07. The van der Waals surface area contributed by atoms with Crippen molar-refractivity contribution in [1.82, 2.24) is 10.6 Å². The molecule has 0 radical (unpaired) electrons. The average molecular weight is 156 g/mol. The van der Waals surface area contributed by atoms with Gasteiger partial charge < -0.3 is 5.32 Å². The summed E-state index contributed by atoms with van der Waals surface area (Å²) in [5.41, 5.74) is 0.107. The van der Waals surface area contributed by atoms with Crippen LogP contribution in [0.3, 0.4) is 0 Å². The quantitative estimate of drug-likeness (QED) is 0.535. The Morgan fingerprint density at radius 2 is 2.09 bits per heavy atom. The van der Waals surface area contributed by atoms with Crippen LogP contribution in [0.25, 0.3) is 0 Å². The SMILES string of the molecule is CC(C)(C)C1NCCC(=O)N1. The number of rotatable bonds is 0. The van der Waals surface area contributed by atoms with E-state index in [1.807, 2.05) is 0 Å². The fourth-order valence-electron chi connectivity index (χ4n) is 1.14. The van der Waals surface area contributed by atoms with Crippen LogP contribution in [0.1, 0.15) is 27.2 Å². The highest BCUT2D eigenvalue weighted by atomic mass is 16.1. The van der Waals surface area contributed by atoms with Crippen molar-refractivity contribution in [2.45, 2.75) is 33.4 Å².